The van der Waals surface area contributed by atoms with E-state index in [0.29, 0.717) is 12.1 Å². The van der Waals surface area contributed by atoms with E-state index in [9.17, 15) is 0 Å². The summed E-state index contributed by atoms with van der Waals surface area (Å²) in [7, 11) is 2.15. The maximum absolute atomic E-state index is 3.54. The van der Waals surface area contributed by atoms with Crippen LogP contribution in [0.5, 0.6) is 0 Å². The molecule has 0 spiro atoms. The zero-order valence-corrected chi connectivity index (χ0v) is 13.0. The van der Waals surface area contributed by atoms with Gasteiger partial charge >= 0.3 is 0 Å². The lowest BCUT2D eigenvalue weighted by atomic mass is 10.1. The molecule has 1 aromatic carbocycles. The molecule has 0 aliphatic carbocycles. The highest BCUT2D eigenvalue weighted by Gasteiger charge is 2.10. The lowest BCUT2D eigenvalue weighted by Crippen LogP contribution is -2.28. The van der Waals surface area contributed by atoms with Crippen LogP contribution in [-0.2, 0) is 6.54 Å². The highest BCUT2D eigenvalue weighted by molar-refractivity contribution is 9.10. The van der Waals surface area contributed by atoms with Crippen LogP contribution in [0.15, 0.2) is 22.7 Å². The first kappa shape index (κ1) is 14.5. The van der Waals surface area contributed by atoms with Crippen molar-refractivity contribution in [1.82, 2.24) is 5.32 Å². The quantitative estimate of drug-likeness (QED) is 0.890. The smallest absolute Gasteiger partial charge is 0.0412 e. The Labute approximate surface area is 114 Å². The molecule has 0 unspecified atom stereocenters. The monoisotopic (exact) mass is 298 g/mol. The molecule has 1 N–H and O–H groups in total. The van der Waals surface area contributed by atoms with Crippen LogP contribution in [-0.4, -0.2) is 19.1 Å². The van der Waals surface area contributed by atoms with Crippen LogP contribution in [0.3, 0.4) is 0 Å². The summed E-state index contributed by atoms with van der Waals surface area (Å²) in [6.45, 7) is 9.67. The van der Waals surface area contributed by atoms with E-state index < -0.39 is 0 Å². The van der Waals surface area contributed by atoms with E-state index in [1.807, 2.05) is 0 Å². The third-order valence-electron chi connectivity index (χ3n) is 2.90. The average molecular weight is 299 g/mol. The van der Waals surface area contributed by atoms with Crippen LogP contribution in [0.25, 0.3) is 0 Å². The standard InChI is InChI=1S/C14H23BrN2/c1-10(2)16-9-12-8-13(15)6-7-14(12)17(5)11(3)4/h6-8,10-11,16H,9H2,1-5H3. The Morgan fingerprint density at radius 1 is 1.24 bits per heavy atom. The summed E-state index contributed by atoms with van der Waals surface area (Å²) in [6.07, 6.45) is 0. The summed E-state index contributed by atoms with van der Waals surface area (Å²) >= 11 is 3.54. The minimum absolute atomic E-state index is 0.506. The molecule has 3 heteroatoms. The van der Waals surface area contributed by atoms with Crippen molar-refractivity contribution in [1.29, 1.82) is 0 Å². The SMILES string of the molecule is CC(C)NCc1cc(Br)ccc1N(C)C(C)C. The highest BCUT2D eigenvalue weighted by Crippen LogP contribution is 2.25. The van der Waals surface area contributed by atoms with Gasteiger partial charge in [0.05, 0.1) is 0 Å². The number of nitrogens with zero attached hydrogens (tertiary/aromatic N) is 1. The molecule has 0 saturated carbocycles. The Balaban J connectivity index is 2.95. The van der Waals surface area contributed by atoms with Gasteiger partial charge in [0, 0.05) is 35.8 Å². The molecule has 2 nitrogen and oxygen atoms in total. The van der Waals surface area contributed by atoms with E-state index in [4.69, 9.17) is 0 Å². The zero-order valence-electron chi connectivity index (χ0n) is 11.4. The lowest BCUT2D eigenvalue weighted by molar-refractivity contribution is 0.587. The minimum Gasteiger partial charge on any atom is -0.372 e. The van der Waals surface area contributed by atoms with Gasteiger partial charge in [-0.1, -0.05) is 29.8 Å². The van der Waals surface area contributed by atoms with Gasteiger partial charge in [0.1, 0.15) is 0 Å². The van der Waals surface area contributed by atoms with Gasteiger partial charge in [-0.25, -0.2) is 0 Å². The maximum Gasteiger partial charge on any atom is 0.0412 e. The third kappa shape index (κ3) is 4.32. The number of anilines is 1. The van der Waals surface area contributed by atoms with Crippen LogP contribution in [0.1, 0.15) is 33.3 Å². The van der Waals surface area contributed by atoms with E-state index in [2.05, 4.69) is 79.1 Å². The largest absolute Gasteiger partial charge is 0.372 e. The van der Waals surface area contributed by atoms with Gasteiger partial charge in [-0.05, 0) is 37.6 Å². The average Bonchev–Trinajstić information content (AvgIpc) is 2.25. The summed E-state index contributed by atoms with van der Waals surface area (Å²) in [5, 5.41) is 3.48. The fraction of sp³-hybridized carbons (Fsp3) is 0.571. The van der Waals surface area contributed by atoms with Crippen LogP contribution >= 0.6 is 15.9 Å². The van der Waals surface area contributed by atoms with E-state index >= 15 is 0 Å². The van der Waals surface area contributed by atoms with E-state index in [0.717, 1.165) is 11.0 Å². The van der Waals surface area contributed by atoms with Crippen molar-refractivity contribution in [3.63, 3.8) is 0 Å². The second kappa shape index (κ2) is 6.41. The normalized spacial score (nSPS) is 11.3. The highest BCUT2D eigenvalue weighted by atomic mass is 79.9. The van der Waals surface area contributed by atoms with Crippen molar-refractivity contribution in [2.24, 2.45) is 0 Å². The summed E-state index contributed by atoms with van der Waals surface area (Å²) in [6, 6.07) is 7.50. The third-order valence-corrected chi connectivity index (χ3v) is 3.39. The van der Waals surface area contributed by atoms with Crippen LogP contribution in [0.4, 0.5) is 5.69 Å². The Kier molecular flexibility index (Phi) is 5.47. The minimum atomic E-state index is 0.506. The molecular weight excluding hydrogens is 276 g/mol. The van der Waals surface area contributed by atoms with Gasteiger partial charge in [0.2, 0.25) is 0 Å². The Morgan fingerprint density at radius 3 is 2.41 bits per heavy atom. The molecule has 96 valence electrons. The van der Waals surface area contributed by atoms with Crippen LogP contribution in [0.2, 0.25) is 0 Å². The second-order valence-electron chi connectivity index (χ2n) is 5.01. The van der Waals surface area contributed by atoms with Crippen molar-refractivity contribution >= 4 is 21.6 Å². The van der Waals surface area contributed by atoms with E-state index in [1.165, 1.54) is 11.3 Å². The van der Waals surface area contributed by atoms with Crippen molar-refractivity contribution in [2.75, 3.05) is 11.9 Å². The summed E-state index contributed by atoms with van der Waals surface area (Å²) in [4.78, 5) is 2.31. The topological polar surface area (TPSA) is 15.3 Å². The van der Waals surface area contributed by atoms with Crippen LogP contribution < -0.4 is 10.2 Å². The molecule has 0 radical (unpaired) electrons. The van der Waals surface area contributed by atoms with Gasteiger partial charge in [-0.3, -0.25) is 0 Å². The van der Waals surface area contributed by atoms with Gasteiger partial charge < -0.3 is 10.2 Å². The fourth-order valence-electron chi connectivity index (χ4n) is 1.63. The first-order valence-corrected chi connectivity index (χ1v) is 6.95. The molecule has 0 amide bonds. The molecule has 0 saturated heterocycles. The van der Waals surface area contributed by atoms with E-state index in [-0.39, 0.29) is 0 Å². The molecule has 1 rings (SSSR count). The van der Waals surface area contributed by atoms with Crippen molar-refractivity contribution in [3.05, 3.63) is 28.2 Å². The summed E-state index contributed by atoms with van der Waals surface area (Å²) in [5.41, 5.74) is 2.64. The maximum atomic E-state index is 3.54. The molecule has 0 atom stereocenters. The number of hydrogen-bond acceptors (Lipinski definition) is 2. The number of nitrogens with one attached hydrogen (secondary N) is 1. The Bertz CT molecular complexity index is 361. The lowest BCUT2D eigenvalue weighted by Gasteiger charge is -2.27. The number of halogens is 1. The molecule has 0 aliphatic rings. The van der Waals surface area contributed by atoms with Crippen molar-refractivity contribution in [2.45, 2.75) is 46.3 Å². The summed E-state index contributed by atoms with van der Waals surface area (Å²) < 4.78 is 1.14. The molecule has 17 heavy (non-hydrogen) atoms. The summed E-state index contributed by atoms with van der Waals surface area (Å²) in [5.74, 6) is 0. The predicted octanol–water partition coefficient (Wildman–Crippen LogP) is 3.79. The van der Waals surface area contributed by atoms with Crippen molar-refractivity contribution in [3.8, 4) is 0 Å². The molecular formula is C14H23BrN2. The first-order valence-electron chi connectivity index (χ1n) is 6.16. The van der Waals surface area contributed by atoms with Crippen molar-refractivity contribution < 1.29 is 0 Å². The Hall–Kier alpha value is -0.540. The fourth-order valence-corrected chi connectivity index (χ4v) is 2.04. The number of hydrogen-bond donors (Lipinski definition) is 1. The molecule has 0 aromatic heterocycles. The van der Waals surface area contributed by atoms with Gasteiger partial charge in [0.15, 0.2) is 0 Å². The predicted molar refractivity (Wildman–Crippen MR) is 79.7 cm³/mol. The molecule has 0 fully saturated rings. The zero-order chi connectivity index (χ0) is 13.0. The molecule has 1 aromatic rings. The van der Waals surface area contributed by atoms with Gasteiger partial charge in [-0.15, -0.1) is 0 Å². The van der Waals surface area contributed by atoms with Gasteiger partial charge in [0.25, 0.3) is 0 Å². The Morgan fingerprint density at radius 2 is 1.88 bits per heavy atom. The number of rotatable bonds is 5. The number of benzene rings is 1. The van der Waals surface area contributed by atoms with Crippen LogP contribution in [0, 0.1) is 0 Å². The molecule has 0 heterocycles. The van der Waals surface area contributed by atoms with Gasteiger partial charge in [-0.2, -0.15) is 0 Å². The van der Waals surface area contributed by atoms with E-state index in [1.54, 1.807) is 0 Å². The molecule has 0 aliphatic heterocycles. The second-order valence-corrected chi connectivity index (χ2v) is 5.93. The molecule has 0 bridgehead atoms. The first-order chi connectivity index (χ1) is 7.91.